The number of nitrogens with one attached hydrogen (secondary N) is 1. The van der Waals surface area contributed by atoms with Crippen LogP contribution in [0.1, 0.15) is 13.8 Å². The van der Waals surface area contributed by atoms with Crippen molar-refractivity contribution in [2.75, 3.05) is 6.61 Å². The van der Waals surface area contributed by atoms with Crippen LogP contribution in [0, 0.1) is 17.2 Å². The van der Waals surface area contributed by atoms with E-state index in [2.05, 4.69) is 11.4 Å². The highest BCUT2D eigenvalue weighted by molar-refractivity contribution is 5.82. The summed E-state index contributed by atoms with van der Waals surface area (Å²) >= 11 is 0. The fourth-order valence-corrected chi connectivity index (χ4v) is 1.74. The van der Waals surface area contributed by atoms with Gasteiger partial charge >= 0.3 is 0 Å². The predicted molar refractivity (Wildman–Crippen MR) is 68.7 cm³/mol. The number of nitriles is 1. The number of para-hydroxylation sites is 2. The number of nitrogens with zero attached hydrogens (tertiary/aromatic N) is 1. The molecule has 1 aromatic carbocycles. The third-order valence-corrected chi connectivity index (χ3v) is 2.90. The van der Waals surface area contributed by atoms with E-state index in [1.165, 1.54) is 0 Å². The summed E-state index contributed by atoms with van der Waals surface area (Å²) in [6.07, 6.45) is -0.718. The predicted octanol–water partition coefficient (Wildman–Crippen LogP) is 1.49. The van der Waals surface area contributed by atoms with Gasteiger partial charge in [-0.05, 0) is 18.1 Å². The fourth-order valence-electron chi connectivity index (χ4n) is 1.74. The molecule has 2 rings (SSSR count). The third kappa shape index (κ3) is 2.97. The topological polar surface area (TPSA) is 71.4 Å². The summed E-state index contributed by atoms with van der Waals surface area (Å²) in [7, 11) is 0. The molecule has 0 aromatic heterocycles. The number of hydrogen-bond donors (Lipinski definition) is 1. The molecule has 1 aromatic rings. The summed E-state index contributed by atoms with van der Waals surface area (Å²) in [5, 5.41) is 11.6. The standard InChI is InChI=1S/C14H16N2O3/c1-9(2)10(7-15)16-14(17)13-8-18-11-5-3-4-6-12(11)19-13/h3-6,9-10,13H,8H2,1-2H3,(H,16,17). The van der Waals surface area contributed by atoms with Gasteiger partial charge in [-0.3, -0.25) is 4.79 Å². The molecule has 0 saturated carbocycles. The number of fused-ring (bicyclic) bond motifs is 1. The van der Waals surface area contributed by atoms with Gasteiger partial charge in [0.15, 0.2) is 11.5 Å². The van der Waals surface area contributed by atoms with Crippen molar-refractivity contribution in [3.63, 3.8) is 0 Å². The minimum absolute atomic E-state index is 0.0470. The monoisotopic (exact) mass is 260 g/mol. The van der Waals surface area contributed by atoms with Crippen LogP contribution in [0.2, 0.25) is 0 Å². The van der Waals surface area contributed by atoms with Gasteiger partial charge in [0.05, 0.1) is 6.07 Å². The van der Waals surface area contributed by atoms with Gasteiger partial charge in [-0.2, -0.15) is 5.26 Å². The maximum atomic E-state index is 12.0. The van der Waals surface area contributed by atoms with Crippen LogP contribution in [0.15, 0.2) is 24.3 Å². The normalized spacial score (nSPS) is 18.5. The number of benzene rings is 1. The molecule has 1 aliphatic heterocycles. The second-order valence-corrected chi connectivity index (χ2v) is 4.72. The van der Waals surface area contributed by atoms with Gasteiger partial charge in [0.25, 0.3) is 5.91 Å². The second-order valence-electron chi connectivity index (χ2n) is 4.72. The Morgan fingerprint density at radius 3 is 2.74 bits per heavy atom. The Morgan fingerprint density at radius 2 is 2.11 bits per heavy atom. The number of carbonyl (C=O) groups excluding carboxylic acids is 1. The number of hydrogen-bond acceptors (Lipinski definition) is 4. The third-order valence-electron chi connectivity index (χ3n) is 2.90. The lowest BCUT2D eigenvalue weighted by Crippen LogP contribution is -2.48. The lowest BCUT2D eigenvalue weighted by Gasteiger charge is -2.26. The molecule has 19 heavy (non-hydrogen) atoms. The van der Waals surface area contributed by atoms with Gasteiger partial charge in [-0.25, -0.2) is 0 Å². The van der Waals surface area contributed by atoms with Crippen molar-refractivity contribution in [3.05, 3.63) is 24.3 Å². The van der Waals surface area contributed by atoms with Crippen molar-refractivity contribution >= 4 is 5.91 Å². The van der Waals surface area contributed by atoms with Gasteiger partial charge in [0.1, 0.15) is 12.6 Å². The maximum absolute atomic E-state index is 12.0. The van der Waals surface area contributed by atoms with E-state index in [-0.39, 0.29) is 18.4 Å². The highest BCUT2D eigenvalue weighted by Crippen LogP contribution is 2.30. The van der Waals surface area contributed by atoms with E-state index in [1.807, 2.05) is 26.0 Å². The maximum Gasteiger partial charge on any atom is 0.265 e. The molecule has 100 valence electrons. The fraction of sp³-hybridized carbons (Fsp3) is 0.429. The summed E-state index contributed by atoms with van der Waals surface area (Å²) in [6, 6.07) is 8.73. The average molecular weight is 260 g/mol. The van der Waals surface area contributed by atoms with Crippen LogP contribution in [-0.4, -0.2) is 24.7 Å². The lowest BCUT2D eigenvalue weighted by atomic mass is 10.1. The molecule has 2 atom stereocenters. The zero-order chi connectivity index (χ0) is 13.8. The molecular formula is C14H16N2O3. The molecule has 0 radical (unpaired) electrons. The Bertz CT molecular complexity index is 508. The second kappa shape index (κ2) is 5.61. The van der Waals surface area contributed by atoms with E-state index in [0.29, 0.717) is 11.5 Å². The van der Waals surface area contributed by atoms with E-state index in [0.717, 1.165) is 0 Å². The Labute approximate surface area is 112 Å². The minimum Gasteiger partial charge on any atom is -0.485 e. The number of carbonyl (C=O) groups is 1. The number of rotatable bonds is 3. The summed E-state index contributed by atoms with van der Waals surface area (Å²) < 4.78 is 11.0. The molecule has 0 saturated heterocycles. The van der Waals surface area contributed by atoms with Crippen LogP contribution in [0.25, 0.3) is 0 Å². The average Bonchev–Trinajstić information content (AvgIpc) is 2.43. The Kier molecular flexibility index (Phi) is 3.91. The molecular weight excluding hydrogens is 244 g/mol. The van der Waals surface area contributed by atoms with Crippen molar-refractivity contribution in [2.45, 2.75) is 26.0 Å². The summed E-state index contributed by atoms with van der Waals surface area (Å²) in [5.41, 5.74) is 0. The lowest BCUT2D eigenvalue weighted by molar-refractivity contribution is -0.131. The van der Waals surface area contributed by atoms with Crippen LogP contribution < -0.4 is 14.8 Å². The first-order chi connectivity index (χ1) is 9.11. The highest BCUT2D eigenvalue weighted by atomic mass is 16.6. The van der Waals surface area contributed by atoms with E-state index in [4.69, 9.17) is 14.7 Å². The molecule has 0 spiro atoms. The first-order valence-electron chi connectivity index (χ1n) is 6.20. The van der Waals surface area contributed by atoms with Crippen LogP contribution in [0.5, 0.6) is 11.5 Å². The van der Waals surface area contributed by atoms with E-state index in [1.54, 1.807) is 12.1 Å². The van der Waals surface area contributed by atoms with Crippen LogP contribution in [0.4, 0.5) is 0 Å². The molecule has 1 N–H and O–H groups in total. The highest BCUT2D eigenvalue weighted by Gasteiger charge is 2.29. The van der Waals surface area contributed by atoms with Gasteiger partial charge in [-0.15, -0.1) is 0 Å². The van der Waals surface area contributed by atoms with E-state index in [9.17, 15) is 4.79 Å². The van der Waals surface area contributed by atoms with Gasteiger partial charge in [0, 0.05) is 0 Å². The van der Waals surface area contributed by atoms with Crippen molar-refractivity contribution in [2.24, 2.45) is 5.92 Å². The summed E-state index contributed by atoms with van der Waals surface area (Å²) in [4.78, 5) is 12.0. The molecule has 1 heterocycles. The minimum atomic E-state index is -0.718. The number of ether oxygens (including phenoxy) is 2. The summed E-state index contributed by atoms with van der Waals surface area (Å²) in [6.45, 7) is 3.91. The van der Waals surface area contributed by atoms with E-state index >= 15 is 0 Å². The molecule has 0 bridgehead atoms. The van der Waals surface area contributed by atoms with Crippen molar-refractivity contribution in [1.29, 1.82) is 5.26 Å². The van der Waals surface area contributed by atoms with Crippen molar-refractivity contribution in [1.82, 2.24) is 5.32 Å². The molecule has 0 fully saturated rings. The molecule has 1 amide bonds. The van der Waals surface area contributed by atoms with Gasteiger partial charge < -0.3 is 14.8 Å². The van der Waals surface area contributed by atoms with Crippen LogP contribution in [-0.2, 0) is 4.79 Å². The molecule has 5 nitrogen and oxygen atoms in total. The van der Waals surface area contributed by atoms with Crippen LogP contribution >= 0.6 is 0 Å². The zero-order valence-electron chi connectivity index (χ0n) is 10.9. The van der Waals surface area contributed by atoms with Crippen molar-refractivity contribution in [3.8, 4) is 17.6 Å². The zero-order valence-corrected chi connectivity index (χ0v) is 10.9. The molecule has 1 aliphatic rings. The summed E-state index contributed by atoms with van der Waals surface area (Å²) in [5.74, 6) is 0.902. The van der Waals surface area contributed by atoms with Gasteiger partial charge in [0.2, 0.25) is 6.10 Å². The molecule has 2 unspecified atom stereocenters. The Balaban J connectivity index is 2.01. The SMILES string of the molecule is CC(C)C(C#N)NC(=O)C1COc2ccccc2O1. The quantitative estimate of drug-likeness (QED) is 0.893. The van der Waals surface area contributed by atoms with Crippen molar-refractivity contribution < 1.29 is 14.3 Å². The largest absolute Gasteiger partial charge is 0.485 e. The smallest absolute Gasteiger partial charge is 0.265 e. The number of amides is 1. The first-order valence-corrected chi connectivity index (χ1v) is 6.20. The first kappa shape index (κ1) is 13.2. The Hall–Kier alpha value is -2.22. The van der Waals surface area contributed by atoms with Crippen LogP contribution in [0.3, 0.4) is 0 Å². The van der Waals surface area contributed by atoms with E-state index < -0.39 is 12.1 Å². The Morgan fingerprint density at radius 1 is 1.42 bits per heavy atom. The molecule has 5 heteroatoms. The molecule has 0 aliphatic carbocycles. The van der Waals surface area contributed by atoms with Gasteiger partial charge in [-0.1, -0.05) is 26.0 Å².